The van der Waals surface area contributed by atoms with E-state index in [1.807, 2.05) is 45.0 Å². The standard InChI is InChI=1S/C23H29N3O3S/c1-5-26(6-2)23(29)18-9-13-20(14-10-18)25-22(28)17(4)30-15-21(27)24-19-11-7-16(3)8-12-19/h7-14,17H,5-6,15H2,1-4H3,(H,24,27)(H,25,28)/t17-/m0/s1. The smallest absolute Gasteiger partial charge is 0.253 e. The van der Waals surface area contributed by atoms with Crippen molar-refractivity contribution in [1.29, 1.82) is 0 Å². The maximum Gasteiger partial charge on any atom is 0.253 e. The van der Waals surface area contributed by atoms with E-state index in [9.17, 15) is 14.4 Å². The minimum absolute atomic E-state index is 0.0265. The molecule has 0 aliphatic heterocycles. The Labute approximate surface area is 182 Å². The van der Waals surface area contributed by atoms with E-state index in [-0.39, 0.29) is 23.5 Å². The van der Waals surface area contributed by atoms with Gasteiger partial charge in [-0.25, -0.2) is 0 Å². The van der Waals surface area contributed by atoms with Crippen molar-refractivity contribution < 1.29 is 14.4 Å². The maximum absolute atomic E-state index is 12.4. The molecule has 6 nitrogen and oxygen atoms in total. The number of anilines is 2. The molecule has 7 heteroatoms. The number of carbonyl (C=O) groups is 3. The van der Waals surface area contributed by atoms with E-state index >= 15 is 0 Å². The number of nitrogens with one attached hydrogen (secondary N) is 2. The number of rotatable bonds is 9. The molecule has 160 valence electrons. The Kier molecular flexibility index (Phi) is 8.92. The van der Waals surface area contributed by atoms with Crippen molar-refractivity contribution in [2.75, 3.05) is 29.5 Å². The van der Waals surface area contributed by atoms with Gasteiger partial charge in [0.25, 0.3) is 5.91 Å². The molecule has 1 atom stereocenters. The first-order chi connectivity index (χ1) is 14.3. The molecule has 2 aromatic carbocycles. The summed E-state index contributed by atoms with van der Waals surface area (Å²) in [6, 6.07) is 14.4. The highest BCUT2D eigenvalue weighted by Crippen LogP contribution is 2.17. The lowest BCUT2D eigenvalue weighted by Gasteiger charge is -2.18. The largest absolute Gasteiger partial charge is 0.339 e. The van der Waals surface area contributed by atoms with Gasteiger partial charge >= 0.3 is 0 Å². The Balaban J connectivity index is 1.82. The van der Waals surface area contributed by atoms with Crippen LogP contribution in [0.2, 0.25) is 0 Å². The Morgan fingerprint density at radius 1 is 0.900 bits per heavy atom. The molecule has 0 saturated heterocycles. The number of nitrogens with zero attached hydrogens (tertiary/aromatic N) is 1. The fourth-order valence-corrected chi connectivity index (χ4v) is 3.43. The first kappa shape index (κ1) is 23.5. The first-order valence-corrected chi connectivity index (χ1v) is 11.1. The molecule has 0 heterocycles. The Morgan fingerprint density at radius 3 is 2.00 bits per heavy atom. The minimum atomic E-state index is -0.397. The highest BCUT2D eigenvalue weighted by Gasteiger charge is 2.16. The van der Waals surface area contributed by atoms with Crippen LogP contribution >= 0.6 is 11.8 Å². The number of amides is 3. The molecule has 2 rings (SSSR count). The number of thioether (sulfide) groups is 1. The zero-order valence-electron chi connectivity index (χ0n) is 17.9. The van der Waals surface area contributed by atoms with E-state index < -0.39 is 5.25 Å². The summed E-state index contributed by atoms with van der Waals surface area (Å²) in [6.45, 7) is 8.93. The zero-order chi connectivity index (χ0) is 22.1. The van der Waals surface area contributed by atoms with Gasteiger partial charge in [-0.05, 0) is 64.1 Å². The van der Waals surface area contributed by atoms with Gasteiger partial charge in [-0.1, -0.05) is 17.7 Å². The third kappa shape index (κ3) is 6.91. The van der Waals surface area contributed by atoms with Gasteiger partial charge in [0.1, 0.15) is 0 Å². The molecule has 0 fully saturated rings. The summed E-state index contributed by atoms with van der Waals surface area (Å²) in [6.07, 6.45) is 0. The van der Waals surface area contributed by atoms with E-state index in [0.717, 1.165) is 11.3 Å². The van der Waals surface area contributed by atoms with E-state index in [2.05, 4.69) is 10.6 Å². The molecular formula is C23H29N3O3S. The van der Waals surface area contributed by atoms with Crippen LogP contribution in [0.5, 0.6) is 0 Å². The summed E-state index contributed by atoms with van der Waals surface area (Å²) in [5, 5.41) is 5.25. The van der Waals surface area contributed by atoms with E-state index in [0.29, 0.717) is 24.3 Å². The van der Waals surface area contributed by atoms with E-state index in [1.54, 1.807) is 36.1 Å². The predicted octanol–water partition coefficient (Wildman–Crippen LogP) is 4.18. The highest BCUT2D eigenvalue weighted by molar-refractivity contribution is 8.01. The van der Waals surface area contributed by atoms with Gasteiger partial charge in [-0.2, -0.15) is 0 Å². The van der Waals surface area contributed by atoms with Crippen molar-refractivity contribution in [3.63, 3.8) is 0 Å². The van der Waals surface area contributed by atoms with Crippen LogP contribution in [-0.4, -0.2) is 46.7 Å². The number of hydrogen-bond acceptors (Lipinski definition) is 4. The number of aryl methyl sites for hydroxylation is 1. The van der Waals surface area contributed by atoms with E-state index in [1.165, 1.54) is 11.8 Å². The summed E-state index contributed by atoms with van der Waals surface area (Å²) >= 11 is 1.27. The van der Waals surface area contributed by atoms with Crippen LogP contribution < -0.4 is 10.6 Å². The lowest BCUT2D eigenvalue weighted by Crippen LogP contribution is -2.30. The molecule has 3 amide bonds. The van der Waals surface area contributed by atoms with Gasteiger partial charge < -0.3 is 15.5 Å². The number of benzene rings is 2. The van der Waals surface area contributed by atoms with Crippen LogP contribution in [0, 0.1) is 6.92 Å². The molecule has 0 spiro atoms. The lowest BCUT2D eigenvalue weighted by molar-refractivity contribution is -0.115. The monoisotopic (exact) mass is 427 g/mol. The quantitative estimate of drug-likeness (QED) is 0.629. The lowest BCUT2D eigenvalue weighted by atomic mass is 10.1. The Morgan fingerprint density at radius 2 is 1.43 bits per heavy atom. The molecule has 0 bridgehead atoms. The second-order valence-electron chi connectivity index (χ2n) is 6.91. The molecule has 0 radical (unpaired) electrons. The fraction of sp³-hybridized carbons (Fsp3) is 0.348. The predicted molar refractivity (Wildman–Crippen MR) is 124 cm³/mol. The van der Waals surface area contributed by atoms with Gasteiger partial charge in [-0.3, -0.25) is 14.4 Å². The van der Waals surface area contributed by atoms with Crippen molar-refractivity contribution >= 4 is 40.9 Å². The molecule has 2 aromatic rings. The molecular weight excluding hydrogens is 398 g/mol. The van der Waals surface area contributed by atoms with Gasteiger partial charge in [0, 0.05) is 30.0 Å². The van der Waals surface area contributed by atoms with Crippen molar-refractivity contribution in [2.45, 2.75) is 32.9 Å². The molecule has 0 aromatic heterocycles. The summed E-state index contributed by atoms with van der Waals surface area (Å²) < 4.78 is 0. The zero-order valence-corrected chi connectivity index (χ0v) is 18.7. The summed E-state index contributed by atoms with van der Waals surface area (Å²) in [5.41, 5.74) is 3.07. The molecule has 30 heavy (non-hydrogen) atoms. The van der Waals surface area contributed by atoms with Crippen LogP contribution in [0.25, 0.3) is 0 Å². The van der Waals surface area contributed by atoms with Gasteiger partial charge in [-0.15, -0.1) is 11.8 Å². The van der Waals surface area contributed by atoms with E-state index in [4.69, 9.17) is 0 Å². The summed E-state index contributed by atoms with van der Waals surface area (Å²) in [7, 11) is 0. The molecule has 2 N–H and O–H groups in total. The van der Waals surface area contributed by atoms with Crippen LogP contribution in [-0.2, 0) is 9.59 Å². The third-order valence-electron chi connectivity index (χ3n) is 4.62. The Hall–Kier alpha value is -2.80. The van der Waals surface area contributed by atoms with Crippen LogP contribution in [0.15, 0.2) is 48.5 Å². The first-order valence-electron chi connectivity index (χ1n) is 10.0. The molecule has 0 unspecified atom stereocenters. The average Bonchev–Trinajstić information content (AvgIpc) is 2.75. The normalized spacial score (nSPS) is 11.5. The van der Waals surface area contributed by atoms with Crippen LogP contribution in [0.3, 0.4) is 0 Å². The highest BCUT2D eigenvalue weighted by atomic mass is 32.2. The van der Waals surface area contributed by atoms with Gasteiger partial charge in [0.15, 0.2) is 0 Å². The second kappa shape index (κ2) is 11.4. The topological polar surface area (TPSA) is 78.5 Å². The maximum atomic E-state index is 12.4. The second-order valence-corrected chi connectivity index (χ2v) is 8.24. The number of hydrogen-bond donors (Lipinski definition) is 2. The minimum Gasteiger partial charge on any atom is -0.339 e. The van der Waals surface area contributed by atoms with Gasteiger partial charge in [0.05, 0.1) is 11.0 Å². The van der Waals surface area contributed by atoms with Crippen molar-refractivity contribution in [2.24, 2.45) is 0 Å². The Bertz CT molecular complexity index is 862. The van der Waals surface area contributed by atoms with Crippen LogP contribution in [0.1, 0.15) is 36.7 Å². The number of carbonyl (C=O) groups excluding carboxylic acids is 3. The average molecular weight is 428 g/mol. The van der Waals surface area contributed by atoms with Crippen LogP contribution in [0.4, 0.5) is 11.4 Å². The SMILES string of the molecule is CCN(CC)C(=O)c1ccc(NC(=O)[C@H](C)SCC(=O)Nc2ccc(C)cc2)cc1. The van der Waals surface area contributed by atoms with Crippen molar-refractivity contribution in [3.05, 3.63) is 59.7 Å². The molecule has 0 aliphatic carbocycles. The molecule has 0 saturated carbocycles. The fourth-order valence-electron chi connectivity index (χ4n) is 2.74. The summed E-state index contributed by atoms with van der Waals surface area (Å²) in [4.78, 5) is 38.6. The van der Waals surface area contributed by atoms with Crippen molar-refractivity contribution in [3.8, 4) is 0 Å². The van der Waals surface area contributed by atoms with Gasteiger partial charge in [0.2, 0.25) is 11.8 Å². The van der Waals surface area contributed by atoms with Crippen molar-refractivity contribution in [1.82, 2.24) is 4.90 Å². The summed E-state index contributed by atoms with van der Waals surface area (Å²) in [5.74, 6) is -0.185. The molecule has 0 aliphatic rings. The third-order valence-corrected chi connectivity index (χ3v) is 5.76.